The molecule has 1 aliphatic carbocycles. The minimum atomic E-state index is -0.112. The zero-order valence-corrected chi connectivity index (χ0v) is 10.2. The predicted octanol–water partition coefficient (Wildman–Crippen LogP) is 0.607. The summed E-state index contributed by atoms with van der Waals surface area (Å²) in [5.41, 5.74) is 5.90. The molecule has 0 aromatic heterocycles. The number of ether oxygens (including phenoxy) is 1. The van der Waals surface area contributed by atoms with E-state index in [1.165, 1.54) is 0 Å². The standard InChI is InChI=1S/C12H22N2O2/c1-8(2)5-14(9-3-4-9)12(15)10-6-16-7-11(10)13/h8-11H,3-7,13H2,1-2H3. The summed E-state index contributed by atoms with van der Waals surface area (Å²) in [6.07, 6.45) is 2.31. The lowest BCUT2D eigenvalue weighted by molar-refractivity contribution is -0.137. The molecule has 1 amide bonds. The van der Waals surface area contributed by atoms with E-state index >= 15 is 0 Å². The van der Waals surface area contributed by atoms with Gasteiger partial charge in [0.25, 0.3) is 0 Å². The minimum absolute atomic E-state index is 0.110. The molecule has 4 heteroatoms. The van der Waals surface area contributed by atoms with Crippen LogP contribution in [-0.4, -0.2) is 42.6 Å². The summed E-state index contributed by atoms with van der Waals surface area (Å²) >= 11 is 0. The highest BCUT2D eigenvalue weighted by Gasteiger charge is 2.40. The van der Waals surface area contributed by atoms with E-state index < -0.39 is 0 Å². The number of nitrogens with zero attached hydrogens (tertiary/aromatic N) is 1. The molecule has 0 aromatic rings. The fourth-order valence-electron chi connectivity index (χ4n) is 2.24. The van der Waals surface area contributed by atoms with Crippen LogP contribution in [0.2, 0.25) is 0 Å². The zero-order chi connectivity index (χ0) is 11.7. The first-order valence-electron chi connectivity index (χ1n) is 6.23. The minimum Gasteiger partial charge on any atom is -0.379 e. The van der Waals surface area contributed by atoms with Gasteiger partial charge in [0.15, 0.2) is 0 Å². The van der Waals surface area contributed by atoms with Crippen LogP contribution in [-0.2, 0) is 9.53 Å². The normalized spacial score (nSPS) is 29.8. The first-order valence-corrected chi connectivity index (χ1v) is 6.23. The van der Waals surface area contributed by atoms with Crippen LogP contribution >= 0.6 is 0 Å². The smallest absolute Gasteiger partial charge is 0.229 e. The molecule has 2 rings (SSSR count). The van der Waals surface area contributed by atoms with Crippen LogP contribution in [0.25, 0.3) is 0 Å². The largest absolute Gasteiger partial charge is 0.379 e. The van der Waals surface area contributed by atoms with E-state index in [1.54, 1.807) is 0 Å². The molecule has 2 unspecified atom stereocenters. The van der Waals surface area contributed by atoms with Crippen LogP contribution in [0.4, 0.5) is 0 Å². The van der Waals surface area contributed by atoms with E-state index in [2.05, 4.69) is 13.8 Å². The lowest BCUT2D eigenvalue weighted by atomic mass is 10.0. The Morgan fingerprint density at radius 1 is 1.44 bits per heavy atom. The third-order valence-corrected chi connectivity index (χ3v) is 3.27. The van der Waals surface area contributed by atoms with E-state index in [4.69, 9.17) is 10.5 Å². The molecule has 92 valence electrons. The average molecular weight is 226 g/mol. The van der Waals surface area contributed by atoms with E-state index in [0.29, 0.717) is 25.2 Å². The molecule has 4 nitrogen and oxygen atoms in total. The van der Waals surface area contributed by atoms with Gasteiger partial charge in [0, 0.05) is 18.6 Å². The third-order valence-electron chi connectivity index (χ3n) is 3.27. The fraction of sp³-hybridized carbons (Fsp3) is 0.917. The van der Waals surface area contributed by atoms with Crippen molar-refractivity contribution in [3.63, 3.8) is 0 Å². The number of hydrogen-bond acceptors (Lipinski definition) is 3. The molecule has 0 bridgehead atoms. The Morgan fingerprint density at radius 2 is 2.12 bits per heavy atom. The summed E-state index contributed by atoms with van der Waals surface area (Å²) in [4.78, 5) is 14.4. The molecule has 1 saturated carbocycles. The molecule has 2 aliphatic rings. The Kier molecular flexibility index (Phi) is 3.50. The number of carbonyl (C=O) groups excluding carboxylic acids is 1. The first-order chi connectivity index (χ1) is 7.59. The van der Waals surface area contributed by atoms with E-state index in [1.807, 2.05) is 4.90 Å². The molecule has 16 heavy (non-hydrogen) atoms. The second-order valence-corrected chi connectivity index (χ2v) is 5.42. The summed E-state index contributed by atoms with van der Waals surface area (Å²) in [5, 5.41) is 0. The van der Waals surface area contributed by atoms with Gasteiger partial charge in [-0.2, -0.15) is 0 Å². The molecule has 0 radical (unpaired) electrons. The molecule has 0 aromatic carbocycles. The zero-order valence-electron chi connectivity index (χ0n) is 10.2. The molecule has 2 fully saturated rings. The molecule has 0 spiro atoms. The van der Waals surface area contributed by atoms with Gasteiger partial charge in [-0.05, 0) is 18.8 Å². The van der Waals surface area contributed by atoms with Gasteiger partial charge in [-0.3, -0.25) is 4.79 Å². The van der Waals surface area contributed by atoms with Crippen LogP contribution < -0.4 is 5.73 Å². The lowest BCUT2D eigenvalue weighted by Gasteiger charge is -2.28. The highest BCUT2D eigenvalue weighted by Crippen LogP contribution is 2.30. The fourth-order valence-corrected chi connectivity index (χ4v) is 2.24. The van der Waals surface area contributed by atoms with Gasteiger partial charge >= 0.3 is 0 Å². The van der Waals surface area contributed by atoms with Gasteiger partial charge in [0.05, 0.1) is 19.1 Å². The first kappa shape index (κ1) is 11.9. The molecule has 1 heterocycles. The predicted molar refractivity (Wildman–Crippen MR) is 61.9 cm³/mol. The lowest BCUT2D eigenvalue weighted by Crippen LogP contribution is -2.45. The van der Waals surface area contributed by atoms with Crippen molar-refractivity contribution < 1.29 is 9.53 Å². The van der Waals surface area contributed by atoms with E-state index in [0.717, 1.165) is 19.4 Å². The number of nitrogens with two attached hydrogens (primary N) is 1. The van der Waals surface area contributed by atoms with Gasteiger partial charge in [0.2, 0.25) is 5.91 Å². The third kappa shape index (κ3) is 2.55. The topological polar surface area (TPSA) is 55.6 Å². The second kappa shape index (κ2) is 4.72. The van der Waals surface area contributed by atoms with Crippen LogP contribution in [0.5, 0.6) is 0 Å². The van der Waals surface area contributed by atoms with E-state index in [9.17, 15) is 4.79 Å². The van der Waals surface area contributed by atoms with E-state index in [-0.39, 0.29) is 17.9 Å². The molecule has 1 aliphatic heterocycles. The molecule has 2 N–H and O–H groups in total. The van der Waals surface area contributed by atoms with Crippen LogP contribution in [0.3, 0.4) is 0 Å². The Hall–Kier alpha value is -0.610. The van der Waals surface area contributed by atoms with Crippen LogP contribution in [0.15, 0.2) is 0 Å². The Bertz CT molecular complexity index is 264. The number of amides is 1. The summed E-state index contributed by atoms with van der Waals surface area (Å²) in [6.45, 7) is 6.17. The highest BCUT2D eigenvalue weighted by molar-refractivity contribution is 5.80. The van der Waals surface area contributed by atoms with Crippen molar-refractivity contribution in [1.82, 2.24) is 4.90 Å². The molecule has 1 saturated heterocycles. The van der Waals surface area contributed by atoms with Gasteiger partial charge in [-0.1, -0.05) is 13.8 Å². The van der Waals surface area contributed by atoms with Gasteiger partial charge < -0.3 is 15.4 Å². The Labute approximate surface area is 97.1 Å². The maximum atomic E-state index is 12.3. The summed E-state index contributed by atoms with van der Waals surface area (Å²) in [6, 6.07) is 0.364. The quantitative estimate of drug-likeness (QED) is 0.764. The summed E-state index contributed by atoms with van der Waals surface area (Å²) in [7, 11) is 0. The van der Waals surface area contributed by atoms with Crippen molar-refractivity contribution in [2.24, 2.45) is 17.6 Å². The average Bonchev–Trinajstić information content (AvgIpc) is 2.97. The molecule has 2 atom stereocenters. The van der Waals surface area contributed by atoms with Crippen molar-refractivity contribution in [3.8, 4) is 0 Å². The second-order valence-electron chi connectivity index (χ2n) is 5.42. The Balaban J connectivity index is 1.98. The van der Waals surface area contributed by atoms with Crippen LogP contribution in [0, 0.1) is 11.8 Å². The maximum absolute atomic E-state index is 12.3. The van der Waals surface area contributed by atoms with Gasteiger partial charge in [-0.15, -0.1) is 0 Å². The van der Waals surface area contributed by atoms with Gasteiger partial charge in [-0.25, -0.2) is 0 Å². The number of carbonyl (C=O) groups is 1. The van der Waals surface area contributed by atoms with Crippen LogP contribution in [0.1, 0.15) is 26.7 Å². The maximum Gasteiger partial charge on any atom is 0.229 e. The van der Waals surface area contributed by atoms with Crippen molar-refractivity contribution in [3.05, 3.63) is 0 Å². The SMILES string of the molecule is CC(C)CN(C(=O)C1COCC1N)C1CC1. The molecular weight excluding hydrogens is 204 g/mol. The monoisotopic (exact) mass is 226 g/mol. The molecular formula is C12H22N2O2. The van der Waals surface area contributed by atoms with Gasteiger partial charge in [0.1, 0.15) is 0 Å². The number of rotatable bonds is 4. The summed E-state index contributed by atoms with van der Waals surface area (Å²) < 4.78 is 5.27. The highest BCUT2D eigenvalue weighted by atomic mass is 16.5. The van der Waals surface area contributed by atoms with Crippen molar-refractivity contribution in [1.29, 1.82) is 0 Å². The van der Waals surface area contributed by atoms with Crippen molar-refractivity contribution >= 4 is 5.91 Å². The number of hydrogen-bond donors (Lipinski definition) is 1. The summed E-state index contributed by atoms with van der Waals surface area (Å²) in [5.74, 6) is 0.614. The van der Waals surface area contributed by atoms with Crippen molar-refractivity contribution in [2.75, 3.05) is 19.8 Å². The Morgan fingerprint density at radius 3 is 2.56 bits per heavy atom. The van der Waals surface area contributed by atoms with Crippen molar-refractivity contribution in [2.45, 2.75) is 38.8 Å².